The van der Waals surface area contributed by atoms with E-state index in [2.05, 4.69) is 0 Å². The lowest BCUT2D eigenvalue weighted by molar-refractivity contribution is -0.930. The highest BCUT2D eigenvalue weighted by Gasteiger charge is 2.39. The van der Waals surface area contributed by atoms with E-state index in [-0.39, 0.29) is 21.9 Å². The van der Waals surface area contributed by atoms with Crippen molar-refractivity contribution >= 4 is 40.5 Å². The highest BCUT2D eigenvalue weighted by atomic mass is 35.5. The van der Waals surface area contributed by atoms with Crippen LogP contribution < -0.4 is 0 Å². The van der Waals surface area contributed by atoms with Gasteiger partial charge in [0.1, 0.15) is 0 Å². The van der Waals surface area contributed by atoms with Gasteiger partial charge in [0.25, 0.3) is 11.4 Å². The molecule has 1 rings (SSSR count). The molecule has 132 valence electrons. The molecule has 0 saturated carbocycles. The van der Waals surface area contributed by atoms with Gasteiger partial charge in [0.05, 0.1) is 43.1 Å². The molecule has 1 aromatic rings. The van der Waals surface area contributed by atoms with Crippen molar-refractivity contribution in [3.63, 3.8) is 0 Å². The fourth-order valence-electron chi connectivity index (χ4n) is 2.20. The number of nitro groups is 2. The second kappa shape index (κ2) is 8.34. The Morgan fingerprint density at radius 2 is 1.67 bits per heavy atom. The molecule has 0 aliphatic rings. The van der Waals surface area contributed by atoms with Crippen LogP contribution in [0.25, 0.3) is 0 Å². The number of hydrogen-bond donors (Lipinski definition) is 0. The molecule has 0 unspecified atom stereocenters. The number of nitro benzene ring substituents is 2. The molecule has 0 fully saturated rings. The van der Waals surface area contributed by atoms with Crippen molar-refractivity contribution in [1.82, 2.24) is 5.01 Å². The largest absolute Gasteiger partial charge is 0.371 e. The van der Waals surface area contributed by atoms with E-state index in [9.17, 15) is 25.0 Å². The second-order valence-corrected chi connectivity index (χ2v) is 6.00. The van der Waals surface area contributed by atoms with Gasteiger partial charge in [-0.1, -0.05) is 0 Å². The van der Waals surface area contributed by atoms with Crippen molar-refractivity contribution in [3.8, 4) is 0 Å². The quantitative estimate of drug-likeness (QED) is 0.297. The number of rotatable bonds is 8. The summed E-state index contributed by atoms with van der Waals surface area (Å²) in [6.07, 6.45) is 0. The van der Waals surface area contributed by atoms with Crippen molar-refractivity contribution in [2.24, 2.45) is 0 Å². The Balaban J connectivity index is 3.35. The zero-order chi connectivity index (χ0) is 18.5. The number of amides is 1. The number of hydrogen-bond acceptors (Lipinski definition) is 6. The van der Waals surface area contributed by atoms with Gasteiger partial charge < -0.3 is 0 Å². The molecule has 0 bridgehead atoms. The van der Waals surface area contributed by atoms with Gasteiger partial charge in [0, 0.05) is 17.8 Å². The molecule has 1 aromatic carbocycles. The predicted octanol–water partition coefficient (Wildman–Crippen LogP) is 2.41. The minimum atomic E-state index is -0.812. The fraction of sp³-hybridized carbons (Fsp3) is 0.462. The number of quaternary nitrogens is 1. The van der Waals surface area contributed by atoms with Crippen LogP contribution in [0.4, 0.5) is 11.4 Å². The van der Waals surface area contributed by atoms with Gasteiger partial charge in [0.2, 0.25) is 0 Å². The Labute approximate surface area is 148 Å². The van der Waals surface area contributed by atoms with Gasteiger partial charge in [-0.05, 0) is 6.07 Å². The zero-order valence-electron chi connectivity index (χ0n) is 13.1. The Bertz CT molecular complexity index is 647. The molecule has 0 saturated heterocycles. The molecule has 0 aliphatic heterocycles. The third-order valence-corrected chi connectivity index (χ3v) is 3.85. The Kier molecular flexibility index (Phi) is 7.03. The first-order valence-corrected chi connectivity index (χ1v) is 7.92. The third-order valence-electron chi connectivity index (χ3n) is 3.51. The van der Waals surface area contributed by atoms with Crippen LogP contribution >= 0.6 is 23.2 Å². The van der Waals surface area contributed by atoms with E-state index in [0.29, 0.717) is 13.1 Å². The monoisotopic (exact) mass is 379 g/mol. The van der Waals surface area contributed by atoms with Crippen molar-refractivity contribution in [2.45, 2.75) is 0 Å². The van der Waals surface area contributed by atoms with E-state index < -0.39 is 27.1 Å². The van der Waals surface area contributed by atoms with Crippen LogP contribution in [0.2, 0.25) is 0 Å². The van der Waals surface area contributed by atoms with Crippen LogP contribution in [0, 0.1) is 20.2 Å². The molecule has 0 atom stereocenters. The third kappa shape index (κ3) is 4.38. The summed E-state index contributed by atoms with van der Waals surface area (Å²) in [5, 5.41) is 23.7. The van der Waals surface area contributed by atoms with Crippen LogP contribution in [0.1, 0.15) is 10.4 Å². The molecule has 0 N–H and O–H groups in total. The first-order chi connectivity index (χ1) is 11.2. The van der Waals surface area contributed by atoms with E-state index in [1.165, 1.54) is 0 Å². The first-order valence-electron chi connectivity index (χ1n) is 6.85. The minimum absolute atomic E-state index is 0.218. The molecule has 0 heterocycles. The number of alkyl halides is 2. The lowest BCUT2D eigenvalue weighted by atomic mass is 10.1. The molecule has 0 aromatic heterocycles. The van der Waals surface area contributed by atoms with E-state index in [0.717, 1.165) is 18.2 Å². The molecule has 0 aliphatic carbocycles. The number of nitrogens with zero attached hydrogens (tertiary/aromatic N) is 4. The molecular weight excluding hydrogens is 363 g/mol. The summed E-state index contributed by atoms with van der Waals surface area (Å²) < 4.78 is -0.349. The first kappa shape index (κ1) is 20.2. The Hall–Kier alpha value is -1.81. The van der Waals surface area contributed by atoms with E-state index >= 15 is 0 Å². The smallest absolute Gasteiger partial charge is 0.258 e. The fourth-order valence-corrected chi connectivity index (χ4v) is 2.59. The predicted molar refractivity (Wildman–Crippen MR) is 89.2 cm³/mol. The number of carbonyl (C=O) groups excluding carboxylic acids is 1. The van der Waals surface area contributed by atoms with Gasteiger partial charge in [-0.3, -0.25) is 20.2 Å². The molecule has 24 heavy (non-hydrogen) atoms. The van der Waals surface area contributed by atoms with Gasteiger partial charge in [0.15, 0.2) is 5.56 Å². The van der Waals surface area contributed by atoms with E-state index in [1.54, 1.807) is 19.1 Å². The number of benzene rings is 1. The normalized spacial score (nSPS) is 11.5. The van der Waals surface area contributed by atoms with Crippen molar-refractivity contribution in [2.75, 3.05) is 38.9 Å². The van der Waals surface area contributed by atoms with Gasteiger partial charge in [-0.2, -0.15) is 4.59 Å². The summed E-state index contributed by atoms with van der Waals surface area (Å²) in [6.45, 7) is 0.682. The van der Waals surface area contributed by atoms with Crippen LogP contribution in [-0.4, -0.2) is 64.3 Å². The summed E-state index contributed by atoms with van der Waals surface area (Å²) in [7, 11) is 3.10. The highest BCUT2D eigenvalue weighted by molar-refractivity contribution is 6.18. The van der Waals surface area contributed by atoms with Crippen LogP contribution in [-0.2, 0) is 0 Å². The lowest BCUT2D eigenvalue weighted by Gasteiger charge is -2.36. The minimum Gasteiger partial charge on any atom is -0.258 e. The standard InChI is InChI=1S/C13H17Cl2N4O5/c1-19(2,16(7-5-14)8-6-15)13(20)11-4-3-10(17(21)22)9-12(11)18(23)24/h3-4,9H,5-8H2,1-2H3/q+1. The molecule has 9 nitrogen and oxygen atoms in total. The summed E-state index contributed by atoms with van der Waals surface area (Å²) in [5.41, 5.74) is -1.29. The van der Waals surface area contributed by atoms with Gasteiger partial charge in [-0.25, -0.2) is 4.79 Å². The summed E-state index contributed by atoms with van der Waals surface area (Å²) in [6, 6.07) is 2.94. The van der Waals surface area contributed by atoms with Crippen molar-refractivity contribution < 1.29 is 19.2 Å². The second-order valence-electron chi connectivity index (χ2n) is 5.25. The van der Waals surface area contributed by atoms with Crippen molar-refractivity contribution in [1.29, 1.82) is 0 Å². The zero-order valence-corrected chi connectivity index (χ0v) is 14.7. The maximum atomic E-state index is 12.8. The van der Waals surface area contributed by atoms with Crippen LogP contribution in [0.15, 0.2) is 18.2 Å². The van der Waals surface area contributed by atoms with Crippen molar-refractivity contribution in [3.05, 3.63) is 44.0 Å². The van der Waals surface area contributed by atoms with E-state index in [4.69, 9.17) is 23.2 Å². The summed E-state index contributed by atoms with van der Waals surface area (Å²) >= 11 is 11.5. The average Bonchev–Trinajstić information content (AvgIpc) is 2.53. The van der Waals surface area contributed by atoms with Crippen LogP contribution in [0.3, 0.4) is 0 Å². The summed E-state index contributed by atoms with van der Waals surface area (Å²) in [4.78, 5) is 33.3. The number of non-ortho nitro benzene ring substituents is 1. The summed E-state index contributed by atoms with van der Waals surface area (Å²) in [5.74, 6) is -0.102. The molecule has 1 amide bonds. The average molecular weight is 380 g/mol. The molecule has 0 spiro atoms. The molecular formula is C13H17Cl2N4O5+. The Morgan fingerprint density at radius 1 is 1.12 bits per heavy atom. The number of halogens is 2. The van der Waals surface area contributed by atoms with E-state index in [1.807, 2.05) is 0 Å². The highest BCUT2D eigenvalue weighted by Crippen LogP contribution is 2.27. The number of carbonyl (C=O) groups is 1. The maximum Gasteiger partial charge on any atom is 0.371 e. The molecule has 0 radical (unpaired) electrons. The van der Waals surface area contributed by atoms with Gasteiger partial charge in [-0.15, -0.1) is 28.2 Å². The molecule has 11 heteroatoms. The topological polar surface area (TPSA) is 107 Å². The Morgan fingerprint density at radius 3 is 2.08 bits per heavy atom. The maximum absolute atomic E-state index is 12.8. The SMILES string of the molecule is C[N+](C)(C(=O)c1ccc([N+](=O)[O-])cc1[N+](=O)[O-])N(CCCl)CCCl. The lowest BCUT2D eigenvalue weighted by Crippen LogP contribution is -2.59. The van der Waals surface area contributed by atoms with Crippen LogP contribution in [0.5, 0.6) is 0 Å². The van der Waals surface area contributed by atoms with Gasteiger partial charge >= 0.3 is 5.91 Å².